The second kappa shape index (κ2) is 6.45. The Morgan fingerprint density at radius 3 is 2.68 bits per heavy atom. The van der Waals surface area contributed by atoms with Crippen molar-refractivity contribution in [2.45, 2.75) is 30.7 Å². The number of nitrogens with one attached hydrogen (secondary N) is 2. The third-order valence-corrected chi connectivity index (χ3v) is 6.15. The smallest absolute Gasteiger partial charge is 0.262 e. The van der Waals surface area contributed by atoms with Crippen LogP contribution >= 0.6 is 0 Å². The van der Waals surface area contributed by atoms with Gasteiger partial charge in [-0.2, -0.15) is 5.10 Å². The first-order valence-electron chi connectivity index (χ1n) is 8.66. The quantitative estimate of drug-likeness (QED) is 0.687. The highest BCUT2D eigenvalue weighted by molar-refractivity contribution is 7.92. The minimum atomic E-state index is -3.81. The Kier molecular flexibility index (Phi) is 4.19. The molecule has 0 radical (unpaired) electrons. The van der Waals surface area contributed by atoms with Gasteiger partial charge in [0.15, 0.2) is 0 Å². The first kappa shape index (κ1) is 18.2. The van der Waals surface area contributed by atoms with Crippen LogP contribution in [0.25, 0.3) is 0 Å². The van der Waals surface area contributed by atoms with Crippen LogP contribution in [0, 0.1) is 0 Å². The molecule has 2 N–H and O–H groups in total. The highest BCUT2D eigenvalue weighted by atomic mass is 32.2. The van der Waals surface area contributed by atoms with Gasteiger partial charge in [0.1, 0.15) is 0 Å². The van der Waals surface area contributed by atoms with Crippen molar-refractivity contribution in [1.82, 2.24) is 14.8 Å². The molecule has 2 aromatic heterocycles. The molecule has 1 aliphatic rings. The number of fused-ring (bicyclic) bond motifs is 1. The highest BCUT2D eigenvalue weighted by Crippen LogP contribution is 2.38. The maximum absolute atomic E-state index is 12.8. The fraction of sp³-hybridized carbons (Fsp3) is 0.211. The number of benzene rings is 1. The van der Waals surface area contributed by atoms with Gasteiger partial charge < -0.3 is 5.32 Å². The lowest BCUT2D eigenvalue weighted by molar-refractivity contribution is -0.119. The Morgan fingerprint density at radius 2 is 1.93 bits per heavy atom. The molecule has 0 unspecified atom stereocenters. The number of pyridine rings is 1. The van der Waals surface area contributed by atoms with E-state index in [2.05, 4.69) is 20.1 Å². The van der Waals surface area contributed by atoms with Crippen LogP contribution in [-0.2, 0) is 26.8 Å². The maximum Gasteiger partial charge on any atom is 0.262 e. The van der Waals surface area contributed by atoms with E-state index in [9.17, 15) is 13.2 Å². The zero-order valence-electron chi connectivity index (χ0n) is 15.4. The molecule has 3 heterocycles. The molecule has 0 atom stereocenters. The molecule has 1 aliphatic heterocycles. The van der Waals surface area contributed by atoms with Gasteiger partial charge in [-0.3, -0.25) is 19.2 Å². The molecule has 28 heavy (non-hydrogen) atoms. The Morgan fingerprint density at radius 1 is 1.18 bits per heavy atom. The molecule has 8 nitrogen and oxygen atoms in total. The Bertz CT molecular complexity index is 1150. The van der Waals surface area contributed by atoms with Gasteiger partial charge in [0.05, 0.1) is 28.7 Å². The second-order valence-corrected chi connectivity index (χ2v) is 8.86. The monoisotopic (exact) mass is 397 g/mol. The van der Waals surface area contributed by atoms with Gasteiger partial charge in [-0.25, -0.2) is 8.42 Å². The van der Waals surface area contributed by atoms with E-state index in [-0.39, 0.29) is 10.8 Å². The van der Waals surface area contributed by atoms with E-state index >= 15 is 0 Å². The summed E-state index contributed by atoms with van der Waals surface area (Å²) in [7, 11) is -3.81. The van der Waals surface area contributed by atoms with E-state index < -0.39 is 15.4 Å². The average molecular weight is 397 g/mol. The Hall–Kier alpha value is -3.20. The molecule has 0 bridgehead atoms. The normalized spacial score (nSPS) is 15.1. The largest absolute Gasteiger partial charge is 0.325 e. The summed E-state index contributed by atoms with van der Waals surface area (Å²) in [6, 6.07) is 8.37. The summed E-state index contributed by atoms with van der Waals surface area (Å²) in [6.45, 7) is 4.04. The lowest BCUT2D eigenvalue weighted by atomic mass is 9.86. The summed E-state index contributed by atoms with van der Waals surface area (Å²) in [4.78, 5) is 16.1. The van der Waals surface area contributed by atoms with Gasteiger partial charge in [0.25, 0.3) is 10.0 Å². The van der Waals surface area contributed by atoms with Crippen LogP contribution in [0.4, 0.5) is 11.4 Å². The second-order valence-electron chi connectivity index (χ2n) is 7.17. The first-order valence-corrected chi connectivity index (χ1v) is 10.1. The van der Waals surface area contributed by atoms with E-state index in [4.69, 9.17) is 0 Å². The van der Waals surface area contributed by atoms with Crippen molar-refractivity contribution in [3.63, 3.8) is 0 Å². The molecule has 0 saturated carbocycles. The summed E-state index contributed by atoms with van der Waals surface area (Å²) in [5.74, 6) is -0.151. The lowest BCUT2D eigenvalue weighted by Gasteiger charge is -2.16. The third kappa shape index (κ3) is 3.24. The van der Waals surface area contributed by atoms with Crippen molar-refractivity contribution in [2.24, 2.45) is 0 Å². The lowest BCUT2D eigenvalue weighted by Crippen LogP contribution is -2.27. The molecular weight excluding hydrogens is 378 g/mol. The fourth-order valence-corrected chi connectivity index (χ4v) is 4.16. The number of carbonyl (C=O) groups is 1. The molecule has 1 amide bonds. The van der Waals surface area contributed by atoms with Crippen molar-refractivity contribution in [3.05, 3.63) is 66.2 Å². The van der Waals surface area contributed by atoms with Crippen LogP contribution in [0.2, 0.25) is 0 Å². The van der Waals surface area contributed by atoms with Gasteiger partial charge in [0.2, 0.25) is 5.91 Å². The van der Waals surface area contributed by atoms with Gasteiger partial charge in [-0.15, -0.1) is 0 Å². The zero-order valence-corrected chi connectivity index (χ0v) is 16.2. The Labute approximate surface area is 162 Å². The predicted molar refractivity (Wildman–Crippen MR) is 104 cm³/mol. The molecule has 144 valence electrons. The minimum Gasteiger partial charge on any atom is -0.325 e. The molecule has 3 aromatic rings. The maximum atomic E-state index is 12.8. The zero-order chi connectivity index (χ0) is 19.9. The topological polar surface area (TPSA) is 106 Å². The Balaban J connectivity index is 1.56. The van der Waals surface area contributed by atoms with Gasteiger partial charge in [-0.05, 0) is 55.3 Å². The van der Waals surface area contributed by atoms with Crippen molar-refractivity contribution in [3.8, 4) is 0 Å². The molecule has 0 saturated heterocycles. The van der Waals surface area contributed by atoms with Crippen molar-refractivity contribution in [2.75, 3.05) is 10.0 Å². The van der Waals surface area contributed by atoms with E-state index in [1.807, 2.05) is 12.1 Å². The average Bonchev–Trinajstić information content (AvgIpc) is 3.17. The van der Waals surface area contributed by atoms with Crippen molar-refractivity contribution < 1.29 is 13.2 Å². The van der Waals surface area contributed by atoms with E-state index in [0.29, 0.717) is 23.5 Å². The van der Waals surface area contributed by atoms with Crippen LogP contribution in [0.3, 0.4) is 0 Å². The minimum absolute atomic E-state index is 0.0951. The van der Waals surface area contributed by atoms with Crippen LogP contribution in [0.5, 0.6) is 0 Å². The van der Waals surface area contributed by atoms with Crippen LogP contribution in [-0.4, -0.2) is 29.1 Å². The molecule has 4 rings (SSSR count). The van der Waals surface area contributed by atoms with Crippen LogP contribution < -0.4 is 10.0 Å². The van der Waals surface area contributed by atoms with E-state index in [0.717, 1.165) is 5.56 Å². The van der Waals surface area contributed by atoms with Gasteiger partial charge in [0, 0.05) is 24.3 Å². The predicted octanol–water partition coefficient (Wildman–Crippen LogP) is 2.36. The summed E-state index contributed by atoms with van der Waals surface area (Å²) in [5, 5.41) is 6.97. The highest BCUT2D eigenvalue weighted by Gasteiger charge is 2.39. The third-order valence-electron chi connectivity index (χ3n) is 4.77. The molecule has 9 heteroatoms. The number of sulfonamides is 1. The number of aromatic nitrogens is 3. The van der Waals surface area contributed by atoms with E-state index in [1.165, 1.54) is 18.3 Å². The molecule has 0 aliphatic carbocycles. The van der Waals surface area contributed by atoms with E-state index in [1.54, 1.807) is 43.2 Å². The molecule has 0 fully saturated rings. The van der Waals surface area contributed by atoms with Gasteiger partial charge in [-0.1, -0.05) is 0 Å². The number of hydrogen-bond acceptors (Lipinski definition) is 5. The number of rotatable bonds is 5. The van der Waals surface area contributed by atoms with Crippen LogP contribution in [0.1, 0.15) is 25.0 Å². The van der Waals surface area contributed by atoms with Gasteiger partial charge >= 0.3 is 0 Å². The number of anilines is 2. The standard InChI is InChI=1S/C19H19N5O3S/c1-19(2)16-9-15(3-4-17(16)22-18(19)25)28(26,27)23-14-10-21-24(12-14)11-13-5-7-20-8-6-13/h3-10,12,23H,11H2,1-2H3,(H,22,25). The molecular formula is C19H19N5O3S. The number of hydrogen-bond donors (Lipinski definition) is 2. The SMILES string of the molecule is CC1(C)C(=O)Nc2ccc(S(=O)(=O)Nc3cnn(Cc4ccncc4)c3)cc21. The molecule has 0 spiro atoms. The van der Waals surface area contributed by atoms with Crippen molar-refractivity contribution >= 4 is 27.3 Å². The molecule has 1 aromatic carbocycles. The summed E-state index contributed by atoms with van der Waals surface area (Å²) < 4.78 is 29.8. The van der Waals surface area contributed by atoms with Crippen LogP contribution in [0.15, 0.2) is 60.0 Å². The summed E-state index contributed by atoms with van der Waals surface area (Å²) in [6.07, 6.45) is 6.47. The number of carbonyl (C=O) groups excluding carboxylic acids is 1. The van der Waals surface area contributed by atoms with Crippen molar-refractivity contribution in [1.29, 1.82) is 0 Å². The fourth-order valence-electron chi connectivity index (χ4n) is 3.11. The number of nitrogens with zero attached hydrogens (tertiary/aromatic N) is 3. The summed E-state index contributed by atoms with van der Waals surface area (Å²) in [5.41, 5.74) is 1.89. The summed E-state index contributed by atoms with van der Waals surface area (Å²) >= 11 is 0. The number of amides is 1. The first-order chi connectivity index (χ1) is 13.3.